The highest BCUT2D eigenvalue weighted by Crippen LogP contribution is 2.18. The Morgan fingerprint density at radius 2 is 1.62 bits per heavy atom. The molecule has 0 atom stereocenters. The molecule has 0 amide bonds. The van der Waals surface area contributed by atoms with Gasteiger partial charge in [0.1, 0.15) is 6.61 Å². The van der Waals surface area contributed by atoms with E-state index in [1.165, 1.54) is 6.92 Å². The highest BCUT2D eigenvalue weighted by atomic mass is 16.5. The van der Waals surface area contributed by atoms with Crippen LogP contribution in [0.3, 0.4) is 0 Å². The Morgan fingerprint density at radius 1 is 1.06 bits per heavy atom. The maximum Gasteiger partial charge on any atom is 0.155 e. The van der Waals surface area contributed by atoms with Crippen LogP contribution in [0.15, 0.2) is 0 Å². The van der Waals surface area contributed by atoms with Gasteiger partial charge in [-0.2, -0.15) is 0 Å². The third kappa shape index (κ3) is 7.83. The van der Waals surface area contributed by atoms with Crippen LogP contribution in [-0.4, -0.2) is 30.2 Å². The molecule has 0 saturated heterocycles. The zero-order chi connectivity index (χ0) is 12.8. The van der Waals surface area contributed by atoms with Crippen LogP contribution in [-0.2, 0) is 14.3 Å². The van der Waals surface area contributed by atoms with E-state index in [4.69, 9.17) is 9.47 Å². The van der Waals surface area contributed by atoms with Gasteiger partial charge in [0.15, 0.2) is 5.78 Å². The predicted molar refractivity (Wildman–Crippen MR) is 65.7 cm³/mol. The van der Waals surface area contributed by atoms with Crippen LogP contribution in [0.25, 0.3) is 0 Å². The zero-order valence-corrected chi connectivity index (χ0v) is 11.6. The first-order valence-corrected chi connectivity index (χ1v) is 5.96. The average molecular weight is 230 g/mol. The number of rotatable bonds is 8. The molecule has 0 radical (unpaired) electrons. The Bertz CT molecular complexity index is 219. The Hall–Kier alpha value is -0.410. The Labute approximate surface area is 99.5 Å². The van der Waals surface area contributed by atoms with E-state index in [0.29, 0.717) is 6.61 Å². The lowest BCUT2D eigenvalue weighted by Crippen LogP contribution is -2.31. The van der Waals surface area contributed by atoms with Crippen molar-refractivity contribution in [3.05, 3.63) is 0 Å². The van der Waals surface area contributed by atoms with Crippen LogP contribution >= 0.6 is 0 Å². The Balaban J connectivity index is 3.86. The van der Waals surface area contributed by atoms with E-state index in [9.17, 15) is 4.79 Å². The van der Waals surface area contributed by atoms with Crippen molar-refractivity contribution in [2.24, 2.45) is 0 Å². The standard InChI is InChI=1S/C13H26O3/c1-7-12(3,4)15-9-8-13(5,6)16-10-11(2)14/h7-10H2,1-6H3. The van der Waals surface area contributed by atoms with Crippen LogP contribution in [0.1, 0.15) is 54.4 Å². The third-order valence-electron chi connectivity index (χ3n) is 2.71. The van der Waals surface area contributed by atoms with Gasteiger partial charge in [0, 0.05) is 0 Å². The Kier molecular flexibility index (Phi) is 6.19. The van der Waals surface area contributed by atoms with Crippen molar-refractivity contribution < 1.29 is 14.3 Å². The molecule has 0 unspecified atom stereocenters. The summed E-state index contributed by atoms with van der Waals surface area (Å²) < 4.78 is 11.3. The number of carbonyl (C=O) groups excluding carboxylic acids is 1. The van der Waals surface area contributed by atoms with E-state index in [1.807, 2.05) is 13.8 Å². The second-order valence-electron chi connectivity index (χ2n) is 5.46. The minimum atomic E-state index is -0.296. The molecule has 16 heavy (non-hydrogen) atoms. The number of ketones is 1. The SMILES string of the molecule is CCC(C)(C)OCCC(C)(C)OCC(C)=O. The monoisotopic (exact) mass is 230 g/mol. The fourth-order valence-corrected chi connectivity index (χ4v) is 1.04. The molecule has 0 heterocycles. The quantitative estimate of drug-likeness (QED) is 0.643. The molecule has 0 aromatic rings. The number of ether oxygens (including phenoxy) is 2. The molecule has 3 heteroatoms. The molecule has 96 valence electrons. The van der Waals surface area contributed by atoms with Crippen molar-refractivity contribution in [3.63, 3.8) is 0 Å². The molecule has 0 N–H and O–H groups in total. The van der Waals surface area contributed by atoms with Crippen molar-refractivity contribution in [2.45, 2.75) is 65.6 Å². The summed E-state index contributed by atoms with van der Waals surface area (Å²) in [6.07, 6.45) is 1.78. The van der Waals surface area contributed by atoms with Crippen LogP contribution in [0, 0.1) is 0 Å². The smallest absolute Gasteiger partial charge is 0.155 e. The van der Waals surface area contributed by atoms with Gasteiger partial charge in [-0.05, 0) is 47.5 Å². The Morgan fingerprint density at radius 3 is 2.06 bits per heavy atom. The van der Waals surface area contributed by atoms with Crippen molar-refractivity contribution in [2.75, 3.05) is 13.2 Å². The average Bonchev–Trinajstić information content (AvgIpc) is 2.14. The summed E-state index contributed by atoms with van der Waals surface area (Å²) in [6, 6.07) is 0. The molecular formula is C13H26O3. The molecule has 0 aliphatic carbocycles. The highest BCUT2D eigenvalue weighted by molar-refractivity contribution is 5.76. The van der Waals surface area contributed by atoms with Gasteiger partial charge < -0.3 is 9.47 Å². The molecule has 0 aromatic heterocycles. The van der Waals surface area contributed by atoms with Crippen molar-refractivity contribution in [1.29, 1.82) is 0 Å². The summed E-state index contributed by atoms with van der Waals surface area (Å²) >= 11 is 0. The summed E-state index contributed by atoms with van der Waals surface area (Å²) in [6.45, 7) is 12.6. The zero-order valence-electron chi connectivity index (χ0n) is 11.6. The second kappa shape index (κ2) is 6.36. The van der Waals surface area contributed by atoms with Gasteiger partial charge in [-0.3, -0.25) is 4.79 Å². The van der Waals surface area contributed by atoms with E-state index >= 15 is 0 Å². The first-order chi connectivity index (χ1) is 7.18. The molecule has 0 bridgehead atoms. The lowest BCUT2D eigenvalue weighted by atomic mass is 10.0. The molecule has 3 nitrogen and oxygen atoms in total. The van der Waals surface area contributed by atoms with Gasteiger partial charge in [-0.15, -0.1) is 0 Å². The van der Waals surface area contributed by atoms with Gasteiger partial charge in [0.05, 0.1) is 17.8 Å². The molecule has 0 aliphatic heterocycles. The number of Topliss-reactive ketones (excluding diaryl/α,β-unsaturated/α-hetero) is 1. The highest BCUT2D eigenvalue weighted by Gasteiger charge is 2.21. The van der Waals surface area contributed by atoms with Crippen LogP contribution in [0.2, 0.25) is 0 Å². The fourth-order valence-electron chi connectivity index (χ4n) is 1.04. The topological polar surface area (TPSA) is 35.5 Å². The number of hydrogen-bond donors (Lipinski definition) is 0. The lowest BCUT2D eigenvalue weighted by Gasteiger charge is -2.28. The molecule has 0 spiro atoms. The van der Waals surface area contributed by atoms with Crippen molar-refractivity contribution in [3.8, 4) is 0 Å². The van der Waals surface area contributed by atoms with Gasteiger partial charge >= 0.3 is 0 Å². The molecule has 0 rings (SSSR count). The second-order valence-corrected chi connectivity index (χ2v) is 5.46. The maximum absolute atomic E-state index is 10.8. The van der Waals surface area contributed by atoms with E-state index < -0.39 is 0 Å². The molecular weight excluding hydrogens is 204 g/mol. The van der Waals surface area contributed by atoms with Crippen molar-refractivity contribution >= 4 is 5.78 Å². The molecule has 0 fully saturated rings. The lowest BCUT2D eigenvalue weighted by molar-refractivity contribution is -0.129. The molecule has 0 aliphatic rings. The summed E-state index contributed by atoms with van der Waals surface area (Å²) in [5.74, 6) is 0.0582. The third-order valence-corrected chi connectivity index (χ3v) is 2.71. The number of carbonyl (C=O) groups is 1. The normalized spacial score (nSPS) is 12.9. The van der Waals surface area contributed by atoms with Crippen LogP contribution < -0.4 is 0 Å². The number of hydrogen-bond acceptors (Lipinski definition) is 3. The summed E-state index contributed by atoms with van der Waals surface area (Å²) in [5.41, 5.74) is -0.369. The summed E-state index contributed by atoms with van der Waals surface area (Å²) in [4.78, 5) is 10.8. The van der Waals surface area contributed by atoms with Gasteiger partial charge in [0.2, 0.25) is 0 Å². The van der Waals surface area contributed by atoms with E-state index in [1.54, 1.807) is 0 Å². The minimum Gasteiger partial charge on any atom is -0.375 e. The summed E-state index contributed by atoms with van der Waals surface area (Å²) in [7, 11) is 0. The largest absolute Gasteiger partial charge is 0.375 e. The predicted octanol–water partition coefficient (Wildman–Crippen LogP) is 2.97. The minimum absolute atomic E-state index is 0.0582. The van der Waals surface area contributed by atoms with E-state index in [2.05, 4.69) is 20.8 Å². The first-order valence-electron chi connectivity index (χ1n) is 5.96. The molecule has 0 aromatic carbocycles. The van der Waals surface area contributed by atoms with Gasteiger partial charge in [0.25, 0.3) is 0 Å². The first kappa shape index (κ1) is 15.6. The fraction of sp³-hybridized carbons (Fsp3) is 0.923. The van der Waals surface area contributed by atoms with Crippen molar-refractivity contribution in [1.82, 2.24) is 0 Å². The van der Waals surface area contributed by atoms with Gasteiger partial charge in [-0.25, -0.2) is 0 Å². The van der Waals surface area contributed by atoms with Crippen LogP contribution in [0.5, 0.6) is 0 Å². The summed E-state index contributed by atoms with van der Waals surface area (Å²) in [5, 5.41) is 0. The van der Waals surface area contributed by atoms with E-state index in [0.717, 1.165) is 12.8 Å². The molecule has 0 saturated carbocycles. The van der Waals surface area contributed by atoms with Gasteiger partial charge in [-0.1, -0.05) is 6.92 Å². The van der Waals surface area contributed by atoms with E-state index in [-0.39, 0.29) is 23.6 Å². The maximum atomic E-state index is 10.8. The van der Waals surface area contributed by atoms with Crippen LogP contribution in [0.4, 0.5) is 0 Å².